The summed E-state index contributed by atoms with van der Waals surface area (Å²) in [6, 6.07) is 10.7. The zero-order chi connectivity index (χ0) is 15.0. The minimum absolute atomic E-state index is 0.216. The van der Waals surface area contributed by atoms with Crippen molar-refractivity contribution in [2.45, 2.75) is 0 Å². The van der Waals surface area contributed by atoms with Crippen molar-refractivity contribution in [3.05, 3.63) is 50.6 Å². The first-order chi connectivity index (χ1) is 10.0. The fourth-order valence-corrected chi connectivity index (χ4v) is 3.55. The number of nitrogens with zero attached hydrogens (tertiary/aromatic N) is 1. The molecule has 0 saturated heterocycles. The summed E-state index contributed by atoms with van der Waals surface area (Å²) in [4.78, 5) is 16.4. The maximum Gasteiger partial charge on any atom is 0.255 e. The monoisotopic (exact) mass is 429 g/mol. The molecule has 0 aliphatic heterocycles. The van der Waals surface area contributed by atoms with Crippen LogP contribution in [0.1, 0.15) is 10.4 Å². The van der Waals surface area contributed by atoms with E-state index in [-0.39, 0.29) is 5.91 Å². The maximum absolute atomic E-state index is 12.3. The molecule has 3 N–H and O–H groups in total. The lowest BCUT2D eigenvalue weighted by molar-refractivity contribution is 0.102. The SMILES string of the molecule is Nc1nc2ccc(C(=O)Nc3ccc(I)cc3Cl)cc2s1. The summed E-state index contributed by atoms with van der Waals surface area (Å²) in [5.41, 5.74) is 7.59. The number of amides is 1. The summed E-state index contributed by atoms with van der Waals surface area (Å²) >= 11 is 9.63. The normalized spacial score (nSPS) is 10.8. The van der Waals surface area contributed by atoms with Crippen LogP contribution in [0.4, 0.5) is 10.8 Å². The number of thiazole rings is 1. The van der Waals surface area contributed by atoms with Gasteiger partial charge in [-0.25, -0.2) is 4.98 Å². The molecule has 21 heavy (non-hydrogen) atoms. The van der Waals surface area contributed by atoms with Crippen LogP contribution in [-0.4, -0.2) is 10.9 Å². The Bertz CT molecular complexity index is 849. The number of aromatic nitrogens is 1. The third-order valence-electron chi connectivity index (χ3n) is 2.85. The van der Waals surface area contributed by atoms with Crippen LogP contribution in [0.25, 0.3) is 10.2 Å². The molecule has 0 fully saturated rings. The van der Waals surface area contributed by atoms with E-state index in [9.17, 15) is 4.79 Å². The Morgan fingerprint density at radius 3 is 2.86 bits per heavy atom. The first kappa shape index (κ1) is 14.6. The number of rotatable bonds is 2. The van der Waals surface area contributed by atoms with Crippen molar-refractivity contribution < 1.29 is 4.79 Å². The number of nitrogen functional groups attached to an aromatic ring is 1. The van der Waals surface area contributed by atoms with E-state index >= 15 is 0 Å². The van der Waals surface area contributed by atoms with Gasteiger partial charge in [-0.1, -0.05) is 22.9 Å². The molecule has 0 saturated carbocycles. The van der Waals surface area contributed by atoms with E-state index in [1.807, 2.05) is 6.07 Å². The second-order valence-electron chi connectivity index (χ2n) is 4.31. The molecule has 7 heteroatoms. The first-order valence-electron chi connectivity index (χ1n) is 5.95. The molecule has 0 aliphatic carbocycles. The highest BCUT2D eigenvalue weighted by atomic mass is 127. The van der Waals surface area contributed by atoms with Gasteiger partial charge in [0.2, 0.25) is 0 Å². The predicted molar refractivity (Wildman–Crippen MR) is 96.2 cm³/mol. The minimum atomic E-state index is -0.216. The summed E-state index contributed by atoms with van der Waals surface area (Å²) in [5.74, 6) is -0.216. The fraction of sp³-hybridized carbons (Fsp3) is 0. The minimum Gasteiger partial charge on any atom is -0.375 e. The summed E-state index contributed by atoms with van der Waals surface area (Å²) in [7, 11) is 0. The molecule has 106 valence electrons. The van der Waals surface area contributed by atoms with E-state index in [1.54, 1.807) is 30.3 Å². The Balaban J connectivity index is 1.89. The lowest BCUT2D eigenvalue weighted by Crippen LogP contribution is -2.12. The molecular formula is C14H9ClIN3OS. The van der Waals surface area contributed by atoms with Gasteiger partial charge >= 0.3 is 0 Å². The third-order valence-corrected chi connectivity index (χ3v) is 4.68. The van der Waals surface area contributed by atoms with Gasteiger partial charge in [-0.15, -0.1) is 0 Å². The van der Waals surface area contributed by atoms with Crippen LogP contribution in [0.15, 0.2) is 36.4 Å². The Labute approximate surface area is 143 Å². The number of nitrogens with two attached hydrogens (primary N) is 1. The molecule has 0 spiro atoms. The summed E-state index contributed by atoms with van der Waals surface area (Å²) in [6.45, 7) is 0. The molecule has 1 heterocycles. The van der Waals surface area contributed by atoms with Gasteiger partial charge in [0.25, 0.3) is 5.91 Å². The molecule has 1 amide bonds. The van der Waals surface area contributed by atoms with Crippen molar-refractivity contribution in [1.29, 1.82) is 0 Å². The average Bonchev–Trinajstić information content (AvgIpc) is 2.80. The highest BCUT2D eigenvalue weighted by molar-refractivity contribution is 14.1. The molecule has 1 aromatic heterocycles. The maximum atomic E-state index is 12.3. The number of hydrogen-bond acceptors (Lipinski definition) is 4. The molecule has 3 aromatic rings. The Hall–Kier alpha value is -1.38. The number of hydrogen-bond donors (Lipinski definition) is 2. The summed E-state index contributed by atoms with van der Waals surface area (Å²) in [5, 5.41) is 3.81. The smallest absolute Gasteiger partial charge is 0.255 e. The van der Waals surface area contributed by atoms with Crippen LogP contribution < -0.4 is 11.1 Å². The van der Waals surface area contributed by atoms with E-state index in [0.717, 1.165) is 13.8 Å². The van der Waals surface area contributed by atoms with Crippen molar-refractivity contribution in [3.63, 3.8) is 0 Å². The van der Waals surface area contributed by atoms with Crippen LogP contribution >= 0.6 is 45.5 Å². The highest BCUT2D eigenvalue weighted by Gasteiger charge is 2.11. The van der Waals surface area contributed by atoms with Crippen LogP contribution in [0.2, 0.25) is 5.02 Å². The van der Waals surface area contributed by atoms with Crippen LogP contribution in [0.3, 0.4) is 0 Å². The molecule has 4 nitrogen and oxygen atoms in total. The molecular weight excluding hydrogens is 421 g/mol. The number of halogens is 2. The standard InChI is InChI=1S/C14H9ClIN3OS/c15-9-6-8(16)2-4-10(9)18-13(20)7-1-3-11-12(5-7)21-14(17)19-11/h1-6H,(H2,17,19)(H,18,20). The summed E-state index contributed by atoms with van der Waals surface area (Å²) < 4.78 is 1.89. The van der Waals surface area contributed by atoms with E-state index in [0.29, 0.717) is 21.4 Å². The molecule has 0 radical (unpaired) electrons. The largest absolute Gasteiger partial charge is 0.375 e. The molecule has 0 aliphatic rings. The van der Waals surface area contributed by atoms with E-state index in [1.165, 1.54) is 11.3 Å². The molecule has 0 atom stereocenters. The van der Waals surface area contributed by atoms with Gasteiger partial charge in [0.15, 0.2) is 5.13 Å². The lowest BCUT2D eigenvalue weighted by Gasteiger charge is -2.07. The Morgan fingerprint density at radius 2 is 2.10 bits per heavy atom. The lowest BCUT2D eigenvalue weighted by atomic mass is 10.2. The zero-order valence-electron chi connectivity index (χ0n) is 10.6. The first-order valence-corrected chi connectivity index (χ1v) is 8.23. The Morgan fingerprint density at radius 1 is 1.29 bits per heavy atom. The Kier molecular flexibility index (Phi) is 4.01. The van der Waals surface area contributed by atoms with Gasteiger partial charge in [-0.2, -0.15) is 0 Å². The topological polar surface area (TPSA) is 68.0 Å². The van der Waals surface area contributed by atoms with Gasteiger partial charge in [-0.05, 0) is 59.0 Å². The fourth-order valence-electron chi connectivity index (χ4n) is 1.87. The number of carbonyl (C=O) groups excluding carboxylic acids is 1. The van der Waals surface area contributed by atoms with E-state index in [4.69, 9.17) is 17.3 Å². The predicted octanol–water partition coefficient (Wildman–Crippen LogP) is 4.39. The van der Waals surface area contributed by atoms with Crippen molar-refractivity contribution in [3.8, 4) is 0 Å². The molecule has 0 bridgehead atoms. The molecule has 3 rings (SSSR count). The van der Waals surface area contributed by atoms with Crippen molar-refractivity contribution in [2.75, 3.05) is 11.1 Å². The average molecular weight is 430 g/mol. The molecule has 2 aromatic carbocycles. The van der Waals surface area contributed by atoms with Crippen LogP contribution in [0.5, 0.6) is 0 Å². The van der Waals surface area contributed by atoms with Gasteiger partial charge in [0.1, 0.15) is 0 Å². The number of nitrogens with one attached hydrogen (secondary N) is 1. The van der Waals surface area contributed by atoms with Crippen molar-refractivity contribution in [2.24, 2.45) is 0 Å². The van der Waals surface area contributed by atoms with Crippen LogP contribution in [-0.2, 0) is 0 Å². The zero-order valence-corrected chi connectivity index (χ0v) is 14.3. The second kappa shape index (κ2) is 5.78. The number of benzene rings is 2. The number of fused-ring (bicyclic) bond motifs is 1. The van der Waals surface area contributed by atoms with Gasteiger partial charge in [0.05, 0.1) is 20.9 Å². The number of carbonyl (C=O) groups is 1. The van der Waals surface area contributed by atoms with Crippen molar-refractivity contribution in [1.82, 2.24) is 4.98 Å². The van der Waals surface area contributed by atoms with Crippen LogP contribution in [0, 0.1) is 3.57 Å². The number of anilines is 2. The highest BCUT2D eigenvalue weighted by Crippen LogP contribution is 2.27. The van der Waals surface area contributed by atoms with Gasteiger partial charge in [0, 0.05) is 9.13 Å². The van der Waals surface area contributed by atoms with Crippen molar-refractivity contribution >= 4 is 72.5 Å². The second-order valence-corrected chi connectivity index (χ2v) is 7.03. The van der Waals surface area contributed by atoms with E-state index < -0.39 is 0 Å². The van der Waals surface area contributed by atoms with E-state index in [2.05, 4.69) is 32.9 Å². The molecule has 0 unspecified atom stereocenters. The third kappa shape index (κ3) is 3.12. The summed E-state index contributed by atoms with van der Waals surface area (Å²) in [6.07, 6.45) is 0. The van der Waals surface area contributed by atoms with Gasteiger partial charge < -0.3 is 11.1 Å². The van der Waals surface area contributed by atoms with Gasteiger partial charge in [-0.3, -0.25) is 4.79 Å². The quantitative estimate of drug-likeness (QED) is 0.594.